The van der Waals surface area contributed by atoms with Gasteiger partial charge >= 0.3 is 11.9 Å². The van der Waals surface area contributed by atoms with E-state index in [-0.39, 0.29) is 48.2 Å². The third-order valence-corrected chi connectivity index (χ3v) is 5.88. The van der Waals surface area contributed by atoms with Crippen LogP contribution in [0.4, 0.5) is 0 Å². The van der Waals surface area contributed by atoms with Gasteiger partial charge in [-0.05, 0) is 12.8 Å². The second-order valence-corrected chi connectivity index (χ2v) is 7.18. The molecule has 3 aliphatic heterocycles. The second kappa shape index (κ2) is 7.00. The first-order chi connectivity index (χ1) is 11.5. The Bertz CT molecular complexity index is 450. The first-order valence-electron chi connectivity index (χ1n) is 9.05. The Hall–Kier alpha value is -1.14. The molecule has 3 fully saturated rings. The highest BCUT2D eigenvalue weighted by molar-refractivity contribution is 5.66. The summed E-state index contributed by atoms with van der Waals surface area (Å²) in [5, 5.41) is 0. The number of hydrogen-bond donors (Lipinski definition) is 0. The van der Waals surface area contributed by atoms with Crippen LogP contribution in [0.3, 0.4) is 0 Å². The number of carbonyl (C=O) groups is 2. The quantitative estimate of drug-likeness (QED) is 0.688. The zero-order valence-electron chi connectivity index (χ0n) is 14.9. The average Bonchev–Trinajstić information content (AvgIpc) is 3.18. The van der Waals surface area contributed by atoms with Gasteiger partial charge in [0.15, 0.2) is 0 Å². The predicted molar refractivity (Wildman–Crippen MR) is 85.1 cm³/mol. The molecule has 2 bridgehead atoms. The molecule has 136 valence electrons. The van der Waals surface area contributed by atoms with Gasteiger partial charge in [-0.2, -0.15) is 0 Å². The SMILES string of the molecule is CCC1OC(CC)C2C3OC(C(COC(C)=O)C3COC(C)=O)C12. The van der Waals surface area contributed by atoms with E-state index in [0.717, 1.165) is 12.8 Å². The first-order valence-corrected chi connectivity index (χ1v) is 9.05. The van der Waals surface area contributed by atoms with Crippen molar-refractivity contribution in [3.05, 3.63) is 0 Å². The predicted octanol–water partition coefficient (Wildman–Crippen LogP) is 1.95. The van der Waals surface area contributed by atoms with Gasteiger partial charge in [0.05, 0.1) is 37.6 Å². The van der Waals surface area contributed by atoms with E-state index in [0.29, 0.717) is 25.0 Å². The van der Waals surface area contributed by atoms with E-state index in [2.05, 4.69) is 13.8 Å². The Balaban J connectivity index is 1.80. The third-order valence-electron chi connectivity index (χ3n) is 5.88. The van der Waals surface area contributed by atoms with Crippen molar-refractivity contribution in [3.63, 3.8) is 0 Å². The van der Waals surface area contributed by atoms with Gasteiger partial charge in [-0.1, -0.05) is 13.8 Å². The molecule has 0 saturated carbocycles. The normalized spacial score (nSPS) is 42.8. The largest absolute Gasteiger partial charge is 0.465 e. The van der Waals surface area contributed by atoms with Crippen molar-refractivity contribution in [1.29, 1.82) is 0 Å². The van der Waals surface area contributed by atoms with Crippen molar-refractivity contribution in [1.82, 2.24) is 0 Å². The molecule has 0 spiro atoms. The van der Waals surface area contributed by atoms with Crippen LogP contribution in [0, 0.1) is 23.7 Å². The molecule has 8 unspecified atom stereocenters. The van der Waals surface area contributed by atoms with Crippen LogP contribution in [0.5, 0.6) is 0 Å². The molecule has 3 heterocycles. The zero-order valence-corrected chi connectivity index (χ0v) is 14.9. The fraction of sp³-hybridized carbons (Fsp3) is 0.889. The Labute approximate surface area is 143 Å². The number of ether oxygens (including phenoxy) is 4. The second-order valence-electron chi connectivity index (χ2n) is 7.18. The molecule has 0 radical (unpaired) electrons. The standard InChI is InChI=1S/C18H28O6/c1-5-13-15-16(14(6-2)23-13)18-12(8-22-10(4)20)11(17(15)24-18)7-21-9(3)19/h11-18H,5-8H2,1-4H3. The third kappa shape index (κ3) is 2.94. The minimum Gasteiger partial charge on any atom is -0.465 e. The van der Waals surface area contributed by atoms with Gasteiger partial charge in [0.2, 0.25) is 0 Å². The lowest BCUT2D eigenvalue weighted by atomic mass is 9.66. The highest BCUT2D eigenvalue weighted by atomic mass is 16.6. The van der Waals surface area contributed by atoms with Crippen LogP contribution in [-0.4, -0.2) is 49.6 Å². The molecule has 0 N–H and O–H groups in total. The molecule has 0 aromatic carbocycles. The Morgan fingerprint density at radius 3 is 1.54 bits per heavy atom. The maximum absolute atomic E-state index is 11.3. The van der Waals surface area contributed by atoms with E-state index < -0.39 is 0 Å². The highest BCUT2D eigenvalue weighted by Gasteiger charge is 2.66. The Morgan fingerprint density at radius 2 is 1.21 bits per heavy atom. The summed E-state index contributed by atoms with van der Waals surface area (Å²) in [6.07, 6.45) is 2.34. The summed E-state index contributed by atoms with van der Waals surface area (Å²) in [5.74, 6) is 0.238. The summed E-state index contributed by atoms with van der Waals surface area (Å²) < 4.78 is 23.2. The summed E-state index contributed by atoms with van der Waals surface area (Å²) >= 11 is 0. The summed E-state index contributed by atoms with van der Waals surface area (Å²) in [6, 6.07) is 0. The molecule has 6 heteroatoms. The molecule has 6 nitrogen and oxygen atoms in total. The van der Waals surface area contributed by atoms with Crippen molar-refractivity contribution in [3.8, 4) is 0 Å². The molecular weight excluding hydrogens is 312 g/mol. The van der Waals surface area contributed by atoms with Crippen LogP contribution in [-0.2, 0) is 28.5 Å². The fourth-order valence-corrected chi connectivity index (χ4v) is 4.99. The van der Waals surface area contributed by atoms with Gasteiger partial charge in [0.1, 0.15) is 0 Å². The lowest BCUT2D eigenvalue weighted by molar-refractivity contribution is -0.147. The molecule has 0 aromatic rings. The topological polar surface area (TPSA) is 71.1 Å². The van der Waals surface area contributed by atoms with Crippen molar-refractivity contribution >= 4 is 11.9 Å². The van der Waals surface area contributed by atoms with E-state index in [1.165, 1.54) is 13.8 Å². The lowest BCUT2D eigenvalue weighted by Gasteiger charge is -2.35. The number of esters is 2. The molecule has 0 aliphatic carbocycles. The first kappa shape index (κ1) is 17.7. The van der Waals surface area contributed by atoms with E-state index in [1.54, 1.807) is 0 Å². The van der Waals surface area contributed by atoms with Crippen molar-refractivity contribution in [2.45, 2.75) is 65.0 Å². The van der Waals surface area contributed by atoms with Crippen LogP contribution in [0.1, 0.15) is 40.5 Å². The molecule has 0 aromatic heterocycles. The minimum absolute atomic E-state index is 0.0152. The van der Waals surface area contributed by atoms with Crippen LogP contribution >= 0.6 is 0 Å². The van der Waals surface area contributed by atoms with Gasteiger partial charge in [-0.25, -0.2) is 0 Å². The van der Waals surface area contributed by atoms with Crippen LogP contribution in [0.15, 0.2) is 0 Å². The summed E-state index contributed by atoms with van der Waals surface area (Å²) in [6.45, 7) is 7.75. The molecule has 3 rings (SSSR count). The minimum atomic E-state index is -0.290. The maximum atomic E-state index is 11.3. The van der Waals surface area contributed by atoms with Gasteiger partial charge in [0, 0.05) is 37.5 Å². The summed E-state index contributed by atoms with van der Waals surface area (Å²) in [5.41, 5.74) is 0. The van der Waals surface area contributed by atoms with Gasteiger partial charge in [-0.3, -0.25) is 9.59 Å². The zero-order chi connectivity index (χ0) is 17.4. The van der Waals surface area contributed by atoms with Crippen molar-refractivity contribution < 1.29 is 28.5 Å². The molecule has 3 saturated heterocycles. The van der Waals surface area contributed by atoms with Gasteiger partial charge < -0.3 is 18.9 Å². The molecular formula is C18H28O6. The van der Waals surface area contributed by atoms with Crippen LogP contribution < -0.4 is 0 Å². The number of fused-ring (bicyclic) bond motifs is 5. The van der Waals surface area contributed by atoms with E-state index >= 15 is 0 Å². The molecule has 0 amide bonds. The maximum Gasteiger partial charge on any atom is 0.302 e. The molecule has 8 atom stereocenters. The van der Waals surface area contributed by atoms with E-state index in [9.17, 15) is 9.59 Å². The van der Waals surface area contributed by atoms with Crippen molar-refractivity contribution in [2.75, 3.05) is 13.2 Å². The number of carbonyl (C=O) groups excluding carboxylic acids is 2. The Morgan fingerprint density at radius 1 is 0.792 bits per heavy atom. The van der Waals surface area contributed by atoms with E-state index in [4.69, 9.17) is 18.9 Å². The van der Waals surface area contributed by atoms with Crippen LogP contribution in [0.25, 0.3) is 0 Å². The lowest BCUT2D eigenvalue weighted by Crippen LogP contribution is -2.46. The number of rotatable bonds is 6. The van der Waals surface area contributed by atoms with Crippen molar-refractivity contribution in [2.24, 2.45) is 23.7 Å². The smallest absolute Gasteiger partial charge is 0.302 e. The van der Waals surface area contributed by atoms with E-state index in [1.807, 2.05) is 0 Å². The van der Waals surface area contributed by atoms with Crippen LogP contribution in [0.2, 0.25) is 0 Å². The summed E-state index contributed by atoms with van der Waals surface area (Å²) in [7, 11) is 0. The highest BCUT2D eigenvalue weighted by Crippen LogP contribution is 2.57. The summed E-state index contributed by atoms with van der Waals surface area (Å²) in [4.78, 5) is 22.5. The van der Waals surface area contributed by atoms with Gasteiger partial charge in [0.25, 0.3) is 0 Å². The fourth-order valence-electron chi connectivity index (χ4n) is 4.99. The Kier molecular flexibility index (Phi) is 5.16. The average molecular weight is 340 g/mol. The molecule has 24 heavy (non-hydrogen) atoms. The number of hydrogen-bond acceptors (Lipinski definition) is 6. The monoisotopic (exact) mass is 340 g/mol. The molecule has 3 aliphatic rings. The van der Waals surface area contributed by atoms with Gasteiger partial charge in [-0.15, -0.1) is 0 Å².